The Morgan fingerprint density at radius 3 is 2.25 bits per heavy atom. The van der Waals surface area contributed by atoms with E-state index in [-0.39, 0.29) is 24.7 Å². The van der Waals surface area contributed by atoms with Crippen molar-refractivity contribution in [2.45, 2.75) is 17.5 Å². The van der Waals surface area contributed by atoms with Crippen molar-refractivity contribution in [3.63, 3.8) is 0 Å². The number of nitrogens with one attached hydrogen (secondary N) is 1. The fourth-order valence-electron chi connectivity index (χ4n) is 2.77. The lowest BCUT2D eigenvalue weighted by Gasteiger charge is -2.34. The minimum Gasteiger partial charge on any atom is -0.301 e. The molecule has 0 atom stereocenters. The summed E-state index contributed by atoms with van der Waals surface area (Å²) < 4.78 is 89.7. The van der Waals surface area contributed by atoms with E-state index in [1.54, 1.807) is 0 Å². The Kier molecular flexibility index (Phi) is 7.37. The van der Waals surface area contributed by atoms with Crippen LogP contribution in [0.4, 0.5) is 13.2 Å². The normalized spacial score (nSPS) is 17.8. The van der Waals surface area contributed by atoms with Crippen molar-refractivity contribution in [2.75, 3.05) is 45.5 Å². The third-order valence-electron chi connectivity index (χ3n) is 4.22. The van der Waals surface area contributed by atoms with E-state index in [9.17, 15) is 30.0 Å². The topological polar surface area (TPSA) is 86.8 Å². The van der Waals surface area contributed by atoms with Crippen molar-refractivity contribution >= 4 is 31.6 Å². The molecule has 1 aliphatic rings. The molecule has 1 fully saturated rings. The Balaban J connectivity index is 2.00. The molecular formula is C15H21ClF3N3O4S2. The van der Waals surface area contributed by atoms with E-state index in [1.807, 2.05) is 4.90 Å². The van der Waals surface area contributed by atoms with Gasteiger partial charge >= 0.3 is 6.18 Å². The number of sulfonamides is 2. The molecule has 0 unspecified atom stereocenters. The number of nitrogens with zero attached hydrogens (tertiary/aromatic N) is 2. The molecule has 0 saturated carbocycles. The minimum atomic E-state index is -4.67. The number of halogens is 4. The molecule has 0 aromatic heterocycles. The molecule has 7 nitrogen and oxygen atoms in total. The summed E-state index contributed by atoms with van der Waals surface area (Å²) in [5.74, 6) is 0. The third kappa shape index (κ3) is 6.29. The second-order valence-electron chi connectivity index (χ2n) is 6.41. The van der Waals surface area contributed by atoms with Gasteiger partial charge in [-0.3, -0.25) is 0 Å². The summed E-state index contributed by atoms with van der Waals surface area (Å²) in [7, 11) is -7.41. The molecule has 1 heterocycles. The van der Waals surface area contributed by atoms with Crippen molar-refractivity contribution in [2.24, 2.45) is 0 Å². The van der Waals surface area contributed by atoms with Gasteiger partial charge in [0, 0.05) is 32.7 Å². The lowest BCUT2D eigenvalue weighted by Crippen LogP contribution is -2.49. The summed E-state index contributed by atoms with van der Waals surface area (Å²) in [5.41, 5.74) is -1.08. The zero-order valence-corrected chi connectivity index (χ0v) is 17.4. The quantitative estimate of drug-likeness (QED) is 0.621. The van der Waals surface area contributed by atoms with Gasteiger partial charge in [-0.1, -0.05) is 11.6 Å². The molecular weight excluding hydrogens is 443 g/mol. The second-order valence-corrected chi connectivity index (χ2v) is 10.6. The highest BCUT2D eigenvalue weighted by molar-refractivity contribution is 7.89. The third-order valence-corrected chi connectivity index (χ3v) is 7.33. The van der Waals surface area contributed by atoms with Crippen molar-refractivity contribution < 1.29 is 30.0 Å². The first-order valence-electron chi connectivity index (χ1n) is 8.34. The SMILES string of the molecule is CS(=O)(=O)NCCCN1CCN(S(=O)(=O)c2cc(C(F)(F)F)ccc2Cl)CC1. The fourth-order valence-corrected chi connectivity index (χ4v) is 5.21. The van der Waals surface area contributed by atoms with Gasteiger partial charge in [0.2, 0.25) is 20.0 Å². The smallest absolute Gasteiger partial charge is 0.301 e. The average molecular weight is 464 g/mol. The maximum atomic E-state index is 12.9. The van der Waals surface area contributed by atoms with E-state index in [0.29, 0.717) is 32.1 Å². The van der Waals surface area contributed by atoms with E-state index >= 15 is 0 Å². The minimum absolute atomic E-state index is 0.106. The van der Waals surface area contributed by atoms with Gasteiger partial charge in [-0.25, -0.2) is 21.6 Å². The zero-order valence-electron chi connectivity index (χ0n) is 15.0. The average Bonchev–Trinajstić information content (AvgIpc) is 2.57. The summed E-state index contributed by atoms with van der Waals surface area (Å²) >= 11 is 5.86. The Labute approximate surface area is 167 Å². The second kappa shape index (κ2) is 8.84. The molecule has 28 heavy (non-hydrogen) atoms. The zero-order chi connectivity index (χ0) is 21.2. The van der Waals surface area contributed by atoms with Gasteiger partial charge in [-0.2, -0.15) is 17.5 Å². The lowest BCUT2D eigenvalue weighted by atomic mass is 10.2. The Morgan fingerprint density at radius 1 is 1.11 bits per heavy atom. The van der Waals surface area contributed by atoms with Crippen molar-refractivity contribution in [3.05, 3.63) is 28.8 Å². The van der Waals surface area contributed by atoms with E-state index < -0.39 is 36.7 Å². The molecule has 1 saturated heterocycles. The van der Waals surface area contributed by atoms with Crippen LogP contribution in [0.5, 0.6) is 0 Å². The summed E-state index contributed by atoms with van der Waals surface area (Å²) in [4.78, 5) is 1.40. The predicted octanol–water partition coefficient (Wildman–Crippen LogP) is 1.60. The molecule has 0 aliphatic carbocycles. The summed E-state index contributed by atoms with van der Waals surface area (Å²) in [6, 6.07) is 2.23. The first-order chi connectivity index (χ1) is 12.8. The molecule has 1 aliphatic heterocycles. The molecule has 0 radical (unpaired) electrons. The number of hydrogen-bond acceptors (Lipinski definition) is 5. The number of benzene rings is 1. The van der Waals surface area contributed by atoms with Gasteiger partial charge < -0.3 is 4.90 Å². The van der Waals surface area contributed by atoms with Crippen molar-refractivity contribution in [1.82, 2.24) is 13.9 Å². The molecule has 2 rings (SSSR count). The van der Waals surface area contributed by atoms with Gasteiger partial charge in [0.05, 0.1) is 16.8 Å². The standard InChI is InChI=1S/C15H21ClF3N3O4S2/c1-27(23,24)20-5-2-6-21-7-9-22(10-8-21)28(25,26)14-11-12(15(17,18)19)3-4-13(14)16/h3-4,11,20H,2,5-10H2,1H3. The Hall–Kier alpha value is -0.920. The fraction of sp³-hybridized carbons (Fsp3) is 0.600. The van der Waals surface area contributed by atoms with Crippen LogP contribution >= 0.6 is 11.6 Å². The van der Waals surface area contributed by atoms with Crippen LogP contribution in [0.15, 0.2) is 23.1 Å². The van der Waals surface area contributed by atoms with Crippen LogP contribution in [0.3, 0.4) is 0 Å². The van der Waals surface area contributed by atoms with Crippen LogP contribution in [0.1, 0.15) is 12.0 Å². The maximum Gasteiger partial charge on any atom is 0.416 e. The summed E-state index contributed by atoms with van der Waals surface area (Å²) in [6.07, 6.45) is -3.05. The van der Waals surface area contributed by atoms with Gasteiger partial charge in [0.1, 0.15) is 4.90 Å². The van der Waals surface area contributed by atoms with Gasteiger partial charge in [0.25, 0.3) is 0 Å². The van der Waals surface area contributed by atoms with Crippen LogP contribution < -0.4 is 4.72 Å². The number of rotatable bonds is 7. The van der Waals surface area contributed by atoms with Crippen LogP contribution in [0, 0.1) is 0 Å². The van der Waals surface area contributed by atoms with E-state index in [1.165, 1.54) is 0 Å². The molecule has 1 aromatic rings. The highest BCUT2D eigenvalue weighted by Crippen LogP contribution is 2.34. The molecule has 0 bridgehead atoms. The van der Waals surface area contributed by atoms with Crippen LogP contribution in [0.25, 0.3) is 0 Å². The van der Waals surface area contributed by atoms with Crippen molar-refractivity contribution in [1.29, 1.82) is 0 Å². The predicted molar refractivity (Wildman–Crippen MR) is 99.1 cm³/mol. The van der Waals surface area contributed by atoms with Gasteiger partial charge in [-0.05, 0) is 31.2 Å². The van der Waals surface area contributed by atoms with E-state index in [4.69, 9.17) is 11.6 Å². The van der Waals surface area contributed by atoms with Gasteiger partial charge in [-0.15, -0.1) is 0 Å². The molecule has 0 spiro atoms. The molecule has 1 aromatic carbocycles. The summed E-state index contributed by atoms with van der Waals surface area (Å²) in [5, 5.41) is -0.262. The van der Waals surface area contributed by atoms with Crippen LogP contribution in [0.2, 0.25) is 5.02 Å². The number of hydrogen-bond donors (Lipinski definition) is 1. The van der Waals surface area contributed by atoms with Crippen LogP contribution in [-0.2, 0) is 26.2 Å². The first-order valence-corrected chi connectivity index (χ1v) is 12.1. The largest absolute Gasteiger partial charge is 0.416 e. The number of piperazine rings is 1. The Morgan fingerprint density at radius 2 is 1.71 bits per heavy atom. The maximum absolute atomic E-state index is 12.9. The highest BCUT2D eigenvalue weighted by atomic mass is 35.5. The summed E-state index contributed by atoms with van der Waals surface area (Å²) in [6.45, 7) is 1.82. The number of alkyl halides is 3. The first kappa shape index (κ1) is 23.4. The molecule has 13 heteroatoms. The lowest BCUT2D eigenvalue weighted by molar-refractivity contribution is -0.137. The highest BCUT2D eigenvalue weighted by Gasteiger charge is 2.35. The van der Waals surface area contributed by atoms with Gasteiger partial charge in [0.15, 0.2) is 0 Å². The molecule has 160 valence electrons. The van der Waals surface area contributed by atoms with E-state index in [0.717, 1.165) is 22.7 Å². The monoisotopic (exact) mass is 463 g/mol. The van der Waals surface area contributed by atoms with Crippen molar-refractivity contribution in [3.8, 4) is 0 Å². The molecule has 0 amide bonds. The molecule has 1 N–H and O–H groups in total. The van der Waals surface area contributed by atoms with Crippen LogP contribution in [-0.4, -0.2) is 71.6 Å². The Bertz CT molecular complexity index is 900. The van der Waals surface area contributed by atoms with E-state index in [2.05, 4.69) is 4.72 Å².